The van der Waals surface area contributed by atoms with Crippen molar-refractivity contribution in [2.45, 2.75) is 13.8 Å². The van der Waals surface area contributed by atoms with Gasteiger partial charge in [-0.25, -0.2) is 0 Å². The van der Waals surface area contributed by atoms with Crippen LogP contribution in [0.15, 0.2) is 30.7 Å². The summed E-state index contributed by atoms with van der Waals surface area (Å²) in [6.07, 6.45) is 8.87. The fraction of sp³-hybridized carbons (Fsp3) is 0.143. The first kappa shape index (κ1) is 11.3. The maximum atomic E-state index is 9.67. The third kappa shape index (κ3) is 2.69. The van der Waals surface area contributed by atoms with E-state index in [1.165, 1.54) is 0 Å². The van der Waals surface area contributed by atoms with Gasteiger partial charge in [0.25, 0.3) is 0 Å². The summed E-state index contributed by atoms with van der Waals surface area (Å²) in [5.41, 5.74) is 3.62. The predicted molar refractivity (Wildman–Crippen MR) is 68.5 cm³/mol. The molecule has 3 nitrogen and oxygen atoms in total. The van der Waals surface area contributed by atoms with Crippen LogP contribution in [-0.2, 0) is 0 Å². The molecular weight excluding hydrogens is 212 g/mol. The molecule has 0 aliphatic heterocycles. The van der Waals surface area contributed by atoms with Gasteiger partial charge in [-0.1, -0.05) is 6.08 Å². The molecule has 0 spiro atoms. The number of phenols is 1. The van der Waals surface area contributed by atoms with E-state index in [1.54, 1.807) is 18.6 Å². The van der Waals surface area contributed by atoms with E-state index in [1.807, 2.05) is 38.1 Å². The lowest BCUT2D eigenvalue weighted by molar-refractivity contribution is 0.467. The summed E-state index contributed by atoms with van der Waals surface area (Å²) in [6.45, 7) is 3.78. The Kier molecular flexibility index (Phi) is 3.19. The van der Waals surface area contributed by atoms with E-state index >= 15 is 0 Å². The molecule has 0 aliphatic rings. The molecule has 0 amide bonds. The van der Waals surface area contributed by atoms with Gasteiger partial charge in [-0.3, -0.25) is 9.97 Å². The van der Waals surface area contributed by atoms with Gasteiger partial charge in [-0.05, 0) is 48.7 Å². The zero-order valence-corrected chi connectivity index (χ0v) is 9.88. The monoisotopic (exact) mass is 226 g/mol. The molecule has 0 bridgehead atoms. The van der Waals surface area contributed by atoms with Gasteiger partial charge in [0.05, 0.1) is 11.9 Å². The molecule has 0 aliphatic carbocycles. The van der Waals surface area contributed by atoms with Gasteiger partial charge >= 0.3 is 0 Å². The van der Waals surface area contributed by atoms with Crippen LogP contribution in [0.2, 0.25) is 0 Å². The van der Waals surface area contributed by atoms with Crippen LogP contribution in [0.1, 0.15) is 22.4 Å². The minimum absolute atomic E-state index is 0.363. The molecule has 1 N–H and O–H groups in total. The second kappa shape index (κ2) is 4.78. The minimum atomic E-state index is 0.363. The zero-order valence-electron chi connectivity index (χ0n) is 9.88. The summed E-state index contributed by atoms with van der Waals surface area (Å²) in [4.78, 5) is 8.15. The van der Waals surface area contributed by atoms with Crippen LogP contribution in [0.4, 0.5) is 0 Å². The highest BCUT2D eigenvalue weighted by Gasteiger charge is 2.01. The van der Waals surface area contributed by atoms with Crippen LogP contribution in [-0.4, -0.2) is 15.1 Å². The summed E-state index contributed by atoms with van der Waals surface area (Å²) in [7, 11) is 0. The van der Waals surface area contributed by atoms with Gasteiger partial charge in [0.15, 0.2) is 0 Å². The van der Waals surface area contributed by atoms with Crippen molar-refractivity contribution in [1.29, 1.82) is 0 Å². The molecule has 1 heterocycles. The van der Waals surface area contributed by atoms with Crippen molar-refractivity contribution in [3.05, 3.63) is 53.1 Å². The maximum absolute atomic E-state index is 9.67. The summed E-state index contributed by atoms with van der Waals surface area (Å²) < 4.78 is 0. The second-order valence-corrected chi connectivity index (χ2v) is 3.97. The Morgan fingerprint density at radius 1 is 1.06 bits per heavy atom. The summed E-state index contributed by atoms with van der Waals surface area (Å²) in [5.74, 6) is 0.363. The molecule has 0 radical (unpaired) electrons. The molecule has 0 atom stereocenters. The number of rotatable bonds is 2. The van der Waals surface area contributed by atoms with E-state index in [-0.39, 0.29) is 0 Å². The topological polar surface area (TPSA) is 46.0 Å². The molecular formula is C14H14N2O. The quantitative estimate of drug-likeness (QED) is 0.856. The number of hydrogen-bond acceptors (Lipinski definition) is 3. The van der Waals surface area contributed by atoms with Crippen LogP contribution in [0.3, 0.4) is 0 Å². The minimum Gasteiger partial charge on any atom is -0.507 e. The molecule has 2 rings (SSSR count). The lowest BCUT2D eigenvalue weighted by atomic mass is 10.1. The van der Waals surface area contributed by atoms with Crippen molar-refractivity contribution in [3.63, 3.8) is 0 Å². The summed E-state index contributed by atoms with van der Waals surface area (Å²) in [6, 6.07) is 3.88. The number of aromatic hydroxyl groups is 1. The molecule has 3 heteroatoms. The molecule has 0 saturated heterocycles. The van der Waals surface area contributed by atoms with Crippen molar-refractivity contribution in [2.24, 2.45) is 0 Å². The van der Waals surface area contributed by atoms with E-state index < -0.39 is 0 Å². The predicted octanol–water partition coefficient (Wildman–Crippen LogP) is 2.97. The molecule has 0 unspecified atom stereocenters. The van der Waals surface area contributed by atoms with Crippen LogP contribution in [0.5, 0.6) is 5.75 Å². The Labute approximate surface area is 100 Å². The van der Waals surface area contributed by atoms with Crippen molar-refractivity contribution >= 4 is 12.2 Å². The van der Waals surface area contributed by atoms with Gasteiger partial charge in [0, 0.05) is 12.4 Å². The highest BCUT2D eigenvalue weighted by Crippen LogP contribution is 2.23. The number of hydrogen-bond donors (Lipinski definition) is 1. The first-order valence-corrected chi connectivity index (χ1v) is 5.41. The SMILES string of the molecule is Cc1cc(/C=C/c2cnccn2)cc(C)c1O. The number of aromatic nitrogens is 2. The largest absolute Gasteiger partial charge is 0.507 e. The summed E-state index contributed by atoms with van der Waals surface area (Å²) >= 11 is 0. The average Bonchev–Trinajstić information content (AvgIpc) is 2.34. The number of phenolic OH excluding ortho intramolecular Hbond substituents is 1. The van der Waals surface area contributed by atoms with Crippen LogP contribution in [0.25, 0.3) is 12.2 Å². The van der Waals surface area contributed by atoms with Gasteiger partial charge in [-0.15, -0.1) is 0 Å². The molecule has 1 aromatic carbocycles. The van der Waals surface area contributed by atoms with Gasteiger partial charge in [-0.2, -0.15) is 0 Å². The van der Waals surface area contributed by atoms with E-state index in [0.29, 0.717) is 5.75 Å². The van der Waals surface area contributed by atoms with Crippen molar-refractivity contribution in [1.82, 2.24) is 9.97 Å². The Hall–Kier alpha value is -2.16. The van der Waals surface area contributed by atoms with Crippen molar-refractivity contribution in [3.8, 4) is 5.75 Å². The third-order valence-electron chi connectivity index (χ3n) is 2.54. The van der Waals surface area contributed by atoms with Crippen molar-refractivity contribution in [2.75, 3.05) is 0 Å². The number of benzene rings is 1. The zero-order chi connectivity index (χ0) is 12.3. The van der Waals surface area contributed by atoms with E-state index in [2.05, 4.69) is 9.97 Å². The first-order chi connectivity index (χ1) is 8.16. The van der Waals surface area contributed by atoms with Gasteiger partial charge in [0.2, 0.25) is 0 Å². The highest BCUT2D eigenvalue weighted by molar-refractivity contribution is 5.69. The smallest absolute Gasteiger partial charge is 0.121 e. The molecule has 17 heavy (non-hydrogen) atoms. The van der Waals surface area contributed by atoms with Crippen molar-refractivity contribution < 1.29 is 5.11 Å². The Morgan fingerprint density at radius 2 is 1.76 bits per heavy atom. The van der Waals surface area contributed by atoms with E-state index in [0.717, 1.165) is 22.4 Å². The normalized spacial score (nSPS) is 10.9. The van der Waals surface area contributed by atoms with Gasteiger partial charge in [0.1, 0.15) is 5.75 Å². The molecule has 0 fully saturated rings. The first-order valence-electron chi connectivity index (χ1n) is 5.41. The Morgan fingerprint density at radius 3 is 2.35 bits per heavy atom. The lowest BCUT2D eigenvalue weighted by Gasteiger charge is -2.04. The van der Waals surface area contributed by atoms with Crippen LogP contribution >= 0.6 is 0 Å². The fourth-order valence-electron chi connectivity index (χ4n) is 1.66. The molecule has 2 aromatic rings. The van der Waals surface area contributed by atoms with E-state index in [9.17, 15) is 5.11 Å². The molecule has 0 saturated carbocycles. The highest BCUT2D eigenvalue weighted by atomic mass is 16.3. The summed E-state index contributed by atoms with van der Waals surface area (Å²) in [5, 5.41) is 9.67. The Bertz CT molecular complexity index is 524. The molecule has 86 valence electrons. The lowest BCUT2D eigenvalue weighted by Crippen LogP contribution is -1.84. The van der Waals surface area contributed by atoms with Crippen LogP contribution < -0.4 is 0 Å². The Balaban J connectivity index is 2.28. The number of aryl methyl sites for hydroxylation is 2. The van der Waals surface area contributed by atoms with Crippen LogP contribution in [0, 0.1) is 13.8 Å². The standard InChI is InChI=1S/C14H14N2O/c1-10-7-12(8-11(2)14(10)17)3-4-13-9-15-5-6-16-13/h3-9,17H,1-2H3/b4-3+. The average molecular weight is 226 g/mol. The third-order valence-corrected chi connectivity index (χ3v) is 2.54. The second-order valence-electron chi connectivity index (χ2n) is 3.97. The number of nitrogens with zero attached hydrogens (tertiary/aromatic N) is 2. The molecule has 1 aromatic heterocycles. The maximum Gasteiger partial charge on any atom is 0.121 e. The van der Waals surface area contributed by atoms with E-state index in [4.69, 9.17) is 0 Å². The van der Waals surface area contributed by atoms with Gasteiger partial charge < -0.3 is 5.11 Å². The fourth-order valence-corrected chi connectivity index (χ4v) is 1.66.